The van der Waals surface area contributed by atoms with Crippen LogP contribution in [0.25, 0.3) is 6.08 Å². The minimum atomic E-state index is -0.413. The largest absolute Gasteiger partial charge is 0.493 e. The lowest BCUT2D eigenvalue weighted by atomic mass is 10.2. The van der Waals surface area contributed by atoms with Gasteiger partial charge >= 0.3 is 0 Å². The highest BCUT2D eigenvalue weighted by molar-refractivity contribution is 6.39. The van der Waals surface area contributed by atoms with Crippen LogP contribution in [0.4, 0.5) is 5.69 Å². The van der Waals surface area contributed by atoms with E-state index in [0.717, 1.165) is 0 Å². The third-order valence-electron chi connectivity index (χ3n) is 4.21. The zero-order chi connectivity index (χ0) is 23.0. The number of anilines is 1. The number of nitrogens with one attached hydrogen (secondary N) is 1. The molecule has 0 bridgehead atoms. The van der Waals surface area contributed by atoms with Crippen molar-refractivity contribution in [1.82, 2.24) is 4.90 Å². The first-order valence-corrected chi connectivity index (χ1v) is 10.6. The summed E-state index contributed by atoms with van der Waals surface area (Å²) in [6.45, 7) is 4.24. The normalized spacial score (nSPS) is 10.8. The lowest BCUT2D eigenvalue weighted by Crippen LogP contribution is -2.37. The van der Waals surface area contributed by atoms with Gasteiger partial charge in [0.2, 0.25) is 11.8 Å². The molecule has 0 saturated carbocycles. The molecule has 0 aliphatic carbocycles. The molecule has 0 saturated heterocycles. The second-order valence-electron chi connectivity index (χ2n) is 6.30. The van der Waals surface area contributed by atoms with Gasteiger partial charge in [-0.25, -0.2) is 0 Å². The van der Waals surface area contributed by atoms with Crippen molar-refractivity contribution in [3.8, 4) is 11.5 Å². The van der Waals surface area contributed by atoms with Crippen LogP contribution in [0.15, 0.2) is 36.4 Å². The van der Waals surface area contributed by atoms with Crippen LogP contribution >= 0.6 is 34.8 Å². The van der Waals surface area contributed by atoms with Crippen LogP contribution < -0.4 is 14.8 Å². The molecular formula is C22H23Cl3N2O4. The molecule has 0 fully saturated rings. The van der Waals surface area contributed by atoms with E-state index in [1.165, 1.54) is 18.1 Å². The highest BCUT2D eigenvalue weighted by atomic mass is 35.5. The van der Waals surface area contributed by atoms with Crippen LogP contribution in [-0.2, 0) is 9.59 Å². The predicted octanol–water partition coefficient (Wildman–Crippen LogP) is 5.55. The number of likely N-dealkylation sites (N-methyl/N-ethyl adjacent to an activating group) is 1. The molecule has 0 radical (unpaired) electrons. The monoisotopic (exact) mass is 484 g/mol. The molecule has 0 aromatic heterocycles. The maximum absolute atomic E-state index is 12.6. The quantitative estimate of drug-likeness (QED) is 0.473. The molecule has 1 N–H and O–H groups in total. The summed E-state index contributed by atoms with van der Waals surface area (Å²) in [6, 6.07) is 8.29. The number of rotatable bonds is 9. The van der Waals surface area contributed by atoms with Crippen LogP contribution in [0.3, 0.4) is 0 Å². The van der Waals surface area contributed by atoms with Gasteiger partial charge in [0.05, 0.1) is 34.5 Å². The van der Waals surface area contributed by atoms with E-state index in [1.54, 1.807) is 43.3 Å². The van der Waals surface area contributed by atoms with E-state index in [9.17, 15) is 9.59 Å². The van der Waals surface area contributed by atoms with Crippen LogP contribution in [0.1, 0.15) is 19.4 Å². The van der Waals surface area contributed by atoms with Gasteiger partial charge in [-0.3, -0.25) is 9.59 Å². The van der Waals surface area contributed by atoms with Crippen molar-refractivity contribution < 1.29 is 19.1 Å². The Morgan fingerprint density at radius 1 is 1.10 bits per heavy atom. The number of carbonyl (C=O) groups excluding carboxylic acids is 2. The van der Waals surface area contributed by atoms with Crippen LogP contribution in [0.2, 0.25) is 15.1 Å². The molecule has 31 heavy (non-hydrogen) atoms. The van der Waals surface area contributed by atoms with Gasteiger partial charge in [0.25, 0.3) is 0 Å². The molecule has 0 aliphatic heterocycles. The lowest BCUT2D eigenvalue weighted by Gasteiger charge is -2.19. The Labute approximate surface area is 196 Å². The summed E-state index contributed by atoms with van der Waals surface area (Å²) < 4.78 is 10.8. The summed E-state index contributed by atoms with van der Waals surface area (Å²) in [7, 11) is 1.51. The van der Waals surface area contributed by atoms with E-state index in [0.29, 0.717) is 51.0 Å². The first-order valence-electron chi connectivity index (χ1n) is 9.51. The lowest BCUT2D eigenvalue weighted by molar-refractivity contribution is -0.130. The smallest absolute Gasteiger partial charge is 0.247 e. The fourth-order valence-electron chi connectivity index (χ4n) is 2.71. The standard InChI is InChI=1S/C22H23Cl3N2O4/c1-4-27(13-19(28)26-21-15(23)7-6-8-16(21)24)20(29)10-9-14-11-17(25)22(31-5-2)18(12-14)30-3/h6-12H,4-5,13H2,1-3H3,(H,26,28)/b10-9+. The molecule has 6 nitrogen and oxygen atoms in total. The van der Waals surface area contributed by atoms with E-state index in [4.69, 9.17) is 44.3 Å². The fraction of sp³-hybridized carbons (Fsp3) is 0.273. The van der Waals surface area contributed by atoms with Gasteiger partial charge in [0.1, 0.15) is 6.54 Å². The van der Waals surface area contributed by atoms with Crippen molar-refractivity contribution >= 4 is 58.4 Å². The number of nitrogens with zero attached hydrogens (tertiary/aromatic N) is 1. The summed E-state index contributed by atoms with van der Waals surface area (Å²) in [4.78, 5) is 26.4. The minimum Gasteiger partial charge on any atom is -0.493 e. The summed E-state index contributed by atoms with van der Waals surface area (Å²) in [5, 5.41) is 3.65. The maximum atomic E-state index is 12.6. The Hall–Kier alpha value is -2.41. The molecule has 0 aliphatic rings. The van der Waals surface area contributed by atoms with Crippen molar-refractivity contribution in [3.05, 3.63) is 57.0 Å². The van der Waals surface area contributed by atoms with Gasteiger partial charge in [-0.1, -0.05) is 40.9 Å². The second-order valence-corrected chi connectivity index (χ2v) is 7.52. The molecule has 2 rings (SSSR count). The van der Waals surface area contributed by atoms with E-state index in [2.05, 4.69) is 5.32 Å². The first kappa shape index (κ1) is 24.9. The fourth-order valence-corrected chi connectivity index (χ4v) is 3.47. The molecule has 2 aromatic carbocycles. The second kappa shape index (κ2) is 11.8. The molecule has 166 valence electrons. The summed E-state index contributed by atoms with van der Waals surface area (Å²) >= 11 is 18.4. The molecule has 0 heterocycles. The van der Waals surface area contributed by atoms with Crippen LogP contribution in [0.5, 0.6) is 11.5 Å². The average molecular weight is 486 g/mol. The number of hydrogen-bond donors (Lipinski definition) is 1. The van der Waals surface area contributed by atoms with Crippen molar-refractivity contribution in [1.29, 1.82) is 0 Å². The minimum absolute atomic E-state index is 0.158. The van der Waals surface area contributed by atoms with Crippen molar-refractivity contribution in [3.63, 3.8) is 0 Å². The van der Waals surface area contributed by atoms with Crippen molar-refractivity contribution in [2.75, 3.05) is 32.1 Å². The third kappa shape index (κ3) is 6.79. The van der Waals surface area contributed by atoms with E-state index < -0.39 is 5.91 Å². The molecule has 0 spiro atoms. The first-order chi connectivity index (χ1) is 14.8. The van der Waals surface area contributed by atoms with E-state index >= 15 is 0 Å². The Bertz CT molecular complexity index is 959. The van der Waals surface area contributed by atoms with Gasteiger partial charge < -0.3 is 19.7 Å². The summed E-state index contributed by atoms with van der Waals surface area (Å²) in [5.74, 6) is 0.154. The van der Waals surface area contributed by atoms with E-state index in [1.807, 2.05) is 6.92 Å². The van der Waals surface area contributed by atoms with Crippen molar-refractivity contribution in [2.24, 2.45) is 0 Å². The average Bonchev–Trinajstić information content (AvgIpc) is 2.74. The molecule has 9 heteroatoms. The number of halogens is 3. The summed E-state index contributed by atoms with van der Waals surface area (Å²) in [6.07, 6.45) is 2.96. The molecule has 0 atom stereocenters. The number of carbonyl (C=O) groups is 2. The number of benzene rings is 2. The Kier molecular flexibility index (Phi) is 9.49. The van der Waals surface area contributed by atoms with Gasteiger partial charge in [-0.05, 0) is 49.8 Å². The van der Waals surface area contributed by atoms with Gasteiger partial charge in [0.15, 0.2) is 11.5 Å². The highest BCUT2D eigenvalue weighted by Gasteiger charge is 2.16. The number of ether oxygens (including phenoxy) is 2. The number of methoxy groups -OCH3 is 1. The molecule has 0 unspecified atom stereocenters. The topological polar surface area (TPSA) is 67.9 Å². The SMILES string of the molecule is CCOc1c(Cl)cc(/C=C/C(=O)N(CC)CC(=O)Nc2c(Cl)cccc2Cl)cc1OC. The highest BCUT2D eigenvalue weighted by Crippen LogP contribution is 2.36. The maximum Gasteiger partial charge on any atom is 0.247 e. The summed E-state index contributed by atoms with van der Waals surface area (Å²) in [5.41, 5.74) is 0.966. The Morgan fingerprint density at radius 2 is 1.77 bits per heavy atom. The number of amides is 2. The number of hydrogen-bond acceptors (Lipinski definition) is 4. The Balaban J connectivity index is 2.09. The number of para-hydroxylation sites is 1. The van der Waals surface area contributed by atoms with E-state index in [-0.39, 0.29) is 12.5 Å². The zero-order valence-electron chi connectivity index (χ0n) is 17.4. The van der Waals surface area contributed by atoms with Crippen LogP contribution in [0, 0.1) is 0 Å². The van der Waals surface area contributed by atoms with Crippen molar-refractivity contribution in [2.45, 2.75) is 13.8 Å². The van der Waals surface area contributed by atoms with Gasteiger partial charge in [0, 0.05) is 12.6 Å². The molecule has 2 amide bonds. The molecular weight excluding hydrogens is 463 g/mol. The zero-order valence-corrected chi connectivity index (χ0v) is 19.6. The van der Waals surface area contributed by atoms with Crippen LogP contribution in [-0.4, -0.2) is 43.5 Å². The van der Waals surface area contributed by atoms with Gasteiger partial charge in [-0.2, -0.15) is 0 Å². The van der Waals surface area contributed by atoms with Gasteiger partial charge in [-0.15, -0.1) is 0 Å². The Morgan fingerprint density at radius 3 is 2.35 bits per heavy atom. The molecule has 2 aromatic rings. The third-order valence-corrected chi connectivity index (χ3v) is 5.12. The predicted molar refractivity (Wildman–Crippen MR) is 126 cm³/mol.